The van der Waals surface area contributed by atoms with Crippen LogP contribution in [0.2, 0.25) is 0 Å². The van der Waals surface area contributed by atoms with Crippen LogP contribution in [0.3, 0.4) is 0 Å². The van der Waals surface area contributed by atoms with Gasteiger partial charge in [-0.05, 0) is 58.4 Å². The molecule has 0 fully saturated rings. The summed E-state index contributed by atoms with van der Waals surface area (Å²) in [6.07, 6.45) is 2.87. The van der Waals surface area contributed by atoms with Gasteiger partial charge in [-0.1, -0.05) is 6.92 Å². The molecule has 2 rings (SSSR count). The van der Waals surface area contributed by atoms with E-state index in [0.29, 0.717) is 24.5 Å². The zero-order chi connectivity index (χ0) is 23.0. The molecule has 0 aromatic heterocycles. The van der Waals surface area contributed by atoms with E-state index in [9.17, 15) is 9.90 Å². The van der Waals surface area contributed by atoms with Crippen molar-refractivity contribution in [3.63, 3.8) is 0 Å². The average Bonchev–Trinajstić information content (AvgIpc) is 2.74. The first-order valence-electron chi connectivity index (χ1n) is 11.4. The summed E-state index contributed by atoms with van der Waals surface area (Å²) in [6.45, 7) is 7.83. The van der Waals surface area contributed by atoms with Gasteiger partial charge >= 0.3 is 0 Å². The van der Waals surface area contributed by atoms with Gasteiger partial charge in [-0.2, -0.15) is 0 Å². The van der Waals surface area contributed by atoms with E-state index in [1.165, 1.54) is 0 Å². The fourth-order valence-corrected chi connectivity index (χ4v) is 3.88. The van der Waals surface area contributed by atoms with Crippen LogP contribution in [0, 0.1) is 5.92 Å². The molecule has 1 aromatic carbocycles. The van der Waals surface area contributed by atoms with Gasteiger partial charge in [0.05, 0.1) is 30.4 Å². The lowest BCUT2D eigenvalue weighted by molar-refractivity contribution is -0.000449. The monoisotopic (exact) mass is 435 g/mol. The smallest absolute Gasteiger partial charge is 0.258 e. The average molecular weight is 436 g/mol. The molecule has 7 nitrogen and oxygen atoms in total. The predicted octanol–water partition coefficient (Wildman–Crippen LogP) is 2.77. The van der Waals surface area contributed by atoms with Crippen molar-refractivity contribution in [1.82, 2.24) is 10.2 Å². The maximum Gasteiger partial charge on any atom is 0.258 e. The van der Waals surface area contributed by atoms with E-state index < -0.39 is 0 Å². The number of anilines is 1. The molecule has 0 radical (unpaired) electrons. The Morgan fingerprint density at radius 1 is 1.29 bits per heavy atom. The first-order chi connectivity index (χ1) is 14.8. The van der Waals surface area contributed by atoms with Crippen molar-refractivity contribution < 1.29 is 19.4 Å². The molecule has 7 heteroatoms. The number of aliphatic hydroxyl groups excluding tert-OH is 1. The number of hydrogen-bond donors (Lipinski definition) is 2. The van der Waals surface area contributed by atoms with Crippen molar-refractivity contribution in [2.24, 2.45) is 5.92 Å². The SMILES string of the molecule is CNC[C@H]1OCCCC[C@H](C)Oc2ccc(N(C)C)cc2C(=O)N([C@H](C)CO)C[C@@H]1C. The molecule has 0 aliphatic carbocycles. The second kappa shape index (κ2) is 12.3. The van der Waals surface area contributed by atoms with Crippen molar-refractivity contribution in [1.29, 1.82) is 0 Å². The number of hydrogen-bond acceptors (Lipinski definition) is 6. The number of fused-ring (bicyclic) bond motifs is 1. The Labute approximate surface area is 187 Å². The Morgan fingerprint density at radius 3 is 2.68 bits per heavy atom. The lowest BCUT2D eigenvalue weighted by Gasteiger charge is -2.34. The van der Waals surface area contributed by atoms with Crippen molar-refractivity contribution in [2.45, 2.75) is 58.3 Å². The van der Waals surface area contributed by atoms with Gasteiger partial charge in [-0.15, -0.1) is 0 Å². The van der Waals surface area contributed by atoms with Crippen molar-refractivity contribution in [3.8, 4) is 5.75 Å². The fourth-order valence-electron chi connectivity index (χ4n) is 3.88. The van der Waals surface area contributed by atoms with Gasteiger partial charge in [0.15, 0.2) is 0 Å². The molecule has 1 amide bonds. The second-order valence-electron chi connectivity index (χ2n) is 8.93. The van der Waals surface area contributed by atoms with Crippen LogP contribution in [0.15, 0.2) is 18.2 Å². The molecule has 1 aromatic rings. The summed E-state index contributed by atoms with van der Waals surface area (Å²) in [5.41, 5.74) is 1.47. The number of nitrogens with zero attached hydrogens (tertiary/aromatic N) is 2. The third kappa shape index (κ3) is 7.09. The van der Waals surface area contributed by atoms with Gasteiger partial charge in [-0.3, -0.25) is 4.79 Å². The first-order valence-corrected chi connectivity index (χ1v) is 11.4. The quantitative estimate of drug-likeness (QED) is 0.741. The zero-order valence-corrected chi connectivity index (χ0v) is 20.1. The summed E-state index contributed by atoms with van der Waals surface area (Å²) < 4.78 is 12.4. The summed E-state index contributed by atoms with van der Waals surface area (Å²) in [5.74, 6) is 0.583. The van der Waals surface area contributed by atoms with Gasteiger partial charge in [0.25, 0.3) is 5.91 Å². The molecule has 1 heterocycles. The predicted molar refractivity (Wildman–Crippen MR) is 125 cm³/mol. The standard InChI is InChI=1S/C24H41N3O4/c1-17-15-27(18(2)16-28)24(29)21-13-20(26(5)6)10-11-22(21)31-19(3)9-7-8-12-30-23(17)14-25-4/h10-11,13,17-19,23,25,28H,7-9,12,14-16H2,1-6H3/t17-,18+,19-,23+/m0/s1. The van der Waals surface area contributed by atoms with E-state index in [1.54, 1.807) is 4.90 Å². The molecule has 2 N–H and O–H groups in total. The van der Waals surface area contributed by atoms with Crippen LogP contribution in [0.5, 0.6) is 5.75 Å². The molecule has 0 spiro atoms. The zero-order valence-electron chi connectivity index (χ0n) is 20.1. The van der Waals surface area contributed by atoms with E-state index in [4.69, 9.17) is 9.47 Å². The Bertz CT molecular complexity index is 697. The highest BCUT2D eigenvalue weighted by Crippen LogP contribution is 2.29. The number of rotatable bonds is 5. The summed E-state index contributed by atoms with van der Waals surface area (Å²) >= 11 is 0. The fraction of sp³-hybridized carbons (Fsp3) is 0.708. The molecule has 1 aliphatic heterocycles. The molecule has 1 aliphatic rings. The number of benzene rings is 1. The Morgan fingerprint density at radius 2 is 2.03 bits per heavy atom. The highest BCUT2D eigenvalue weighted by atomic mass is 16.5. The summed E-state index contributed by atoms with van der Waals surface area (Å²) in [4.78, 5) is 17.5. The minimum Gasteiger partial charge on any atom is -0.490 e. The van der Waals surface area contributed by atoms with Gasteiger partial charge < -0.3 is 29.7 Å². The molecular formula is C24H41N3O4. The number of carbonyl (C=O) groups is 1. The summed E-state index contributed by atoms with van der Waals surface area (Å²) in [6, 6.07) is 5.44. The topological polar surface area (TPSA) is 74.3 Å². The van der Waals surface area contributed by atoms with Crippen LogP contribution in [-0.4, -0.2) is 81.6 Å². The molecule has 0 unspecified atom stereocenters. The highest BCUT2D eigenvalue weighted by Gasteiger charge is 2.29. The van der Waals surface area contributed by atoms with Crippen molar-refractivity contribution >= 4 is 11.6 Å². The Hall–Kier alpha value is -1.83. The van der Waals surface area contributed by atoms with Gasteiger partial charge in [0, 0.05) is 45.4 Å². The van der Waals surface area contributed by atoms with Crippen LogP contribution in [-0.2, 0) is 4.74 Å². The van der Waals surface area contributed by atoms with E-state index in [2.05, 4.69) is 12.2 Å². The van der Waals surface area contributed by atoms with Gasteiger partial charge in [0.2, 0.25) is 0 Å². The van der Waals surface area contributed by atoms with Crippen LogP contribution in [0.4, 0.5) is 5.69 Å². The minimum absolute atomic E-state index is 0.00422. The van der Waals surface area contributed by atoms with E-state index in [0.717, 1.165) is 31.5 Å². The molecule has 176 valence electrons. The number of aliphatic hydroxyl groups is 1. The van der Waals surface area contributed by atoms with Crippen LogP contribution in [0.1, 0.15) is 50.4 Å². The Kier molecular flexibility index (Phi) is 10.1. The molecule has 4 atom stereocenters. The number of ether oxygens (including phenoxy) is 2. The number of carbonyl (C=O) groups excluding carboxylic acids is 1. The number of nitrogens with one attached hydrogen (secondary N) is 1. The van der Waals surface area contributed by atoms with Gasteiger partial charge in [-0.25, -0.2) is 0 Å². The molecule has 0 saturated heterocycles. The van der Waals surface area contributed by atoms with Crippen LogP contribution >= 0.6 is 0 Å². The summed E-state index contributed by atoms with van der Waals surface area (Å²) in [7, 11) is 5.82. The van der Waals surface area contributed by atoms with Crippen molar-refractivity contribution in [3.05, 3.63) is 23.8 Å². The van der Waals surface area contributed by atoms with Gasteiger partial charge in [0.1, 0.15) is 5.75 Å². The summed E-state index contributed by atoms with van der Waals surface area (Å²) in [5, 5.41) is 13.1. The lowest BCUT2D eigenvalue weighted by Crippen LogP contribution is -2.47. The first kappa shape index (κ1) is 25.4. The van der Waals surface area contributed by atoms with E-state index >= 15 is 0 Å². The molecule has 0 bridgehead atoms. The number of likely N-dealkylation sites (N-methyl/N-ethyl adjacent to an activating group) is 1. The minimum atomic E-state index is -0.314. The maximum atomic E-state index is 13.8. The maximum absolute atomic E-state index is 13.8. The third-order valence-corrected chi connectivity index (χ3v) is 5.96. The van der Waals surface area contributed by atoms with E-state index in [1.807, 2.05) is 58.1 Å². The highest BCUT2D eigenvalue weighted by molar-refractivity contribution is 5.98. The Balaban J connectivity index is 2.47. The molecule has 0 saturated carbocycles. The lowest BCUT2D eigenvalue weighted by atomic mass is 10.0. The van der Waals surface area contributed by atoms with E-state index in [-0.39, 0.29) is 36.7 Å². The van der Waals surface area contributed by atoms with Crippen LogP contribution < -0.4 is 15.0 Å². The third-order valence-electron chi connectivity index (χ3n) is 5.96. The van der Waals surface area contributed by atoms with Crippen molar-refractivity contribution in [2.75, 3.05) is 52.3 Å². The largest absolute Gasteiger partial charge is 0.490 e. The molecular weight excluding hydrogens is 394 g/mol. The normalized spacial score (nSPS) is 24.7. The second-order valence-corrected chi connectivity index (χ2v) is 8.93. The van der Waals surface area contributed by atoms with Crippen LogP contribution in [0.25, 0.3) is 0 Å². The number of amides is 1. The molecule has 31 heavy (non-hydrogen) atoms.